The van der Waals surface area contributed by atoms with Crippen molar-refractivity contribution in [1.29, 1.82) is 0 Å². The number of rotatable bonds is 3. The Balaban J connectivity index is 0.00000193. The fourth-order valence-corrected chi connectivity index (χ4v) is 4.47. The first-order valence-corrected chi connectivity index (χ1v) is 10.5. The highest BCUT2D eigenvalue weighted by Crippen LogP contribution is 2.36. The first kappa shape index (κ1) is 19.3. The number of hydrogen-bond donors (Lipinski definition) is 2. The average Bonchev–Trinajstić information content (AvgIpc) is 3.35. The number of nitrogens with two attached hydrogens (primary N) is 1. The van der Waals surface area contributed by atoms with Gasteiger partial charge in [-0.2, -0.15) is 5.10 Å². The van der Waals surface area contributed by atoms with Crippen molar-refractivity contribution < 1.29 is 0 Å². The minimum Gasteiger partial charge on any atom is -0.324 e. The van der Waals surface area contributed by atoms with Crippen LogP contribution in [0.4, 0.5) is 0 Å². The SMILES string of the molecule is Cl.NC1CCCCc2cc(-c3ccnc4[nH]c(-c5cnn(C6CC6)c5)nc34)ccc21. The molecule has 2 aliphatic rings. The molecule has 6 nitrogen and oxygen atoms in total. The van der Waals surface area contributed by atoms with Gasteiger partial charge in [-0.25, -0.2) is 9.97 Å². The van der Waals surface area contributed by atoms with Gasteiger partial charge in [-0.05, 0) is 54.9 Å². The molecule has 30 heavy (non-hydrogen) atoms. The van der Waals surface area contributed by atoms with Crippen LogP contribution < -0.4 is 5.73 Å². The molecule has 3 aromatic heterocycles. The number of pyridine rings is 1. The predicted octanol–water partition coefficient (Wildman–Crippen LogP) is 4.97. The number of aromatic nitrogens is 5. The van der Waals surface area contributed by atoms with Crippen LogP contribution in [0.2, 0.25) is 0 Å². The van der Waals surface area contributed by atoms with Gasteiger partial charge in [0.05, 0.1) is 17.8 Å². The number of H-pyrrole nitrogens is 1. The maximum atomic E-state index is 6.39. The molecule has 0 amide bonds. The van der Waals surface area contributed by atoms with E-state index in [4.69, 9.17) is 10.7 Å². The summed E-state index contributed by atoms with van der Waals surface area (Å²) in [4.78, 5) is 12.8. The zero-order chi connectivity index (χ0) is 19.4. The third-order valence-electron chi connectivity index (χ3n) is 6.25. The number of nitrogens with zero attached hydrogens (tertiary/aromatic N) is 4. The molecule has 0 saturated heterocycles. The first-order chi connectivity index (χ1) is 14.3. The molecule has 0 spiro atoms. The van der Waals surface area contributed by atoms with Crippen molar-refractivity contribution in [3.8, 4) is 22.5 Å². The third kappa shape index (κ3) is 3.30. The van der Waals surface area contributed by atoms with Crippen LogP contribution in [-0.2, 0) is 6.42 Å². The number of hydrogen-bond acceptors (Lipinski definition) is 4. The van der Waals surface area contributed by atoms with E-state index in [2.05, 4.69) is 45.5 Å². The molecule has 3 heterocycles. The lowest BCUT2D eigenvalue weighted by Crippen LogP contribution is -2.10. The van der Waals surface area contributed by atoms with Crippen molar-refractivity contribution in [3.05, 3.63) is 54.0 Å². The van der Waals surface area contributed by atoms with Crippen LogP contribution in [0.3, 0.4) is 0 Å². The summed E-state index contributed by atoms with van der Waals surface area (Å²) in [5.74, 6) is 0.823. The third-order valence-corrected chi connectivity index (χ3v) is 6.25. The minimum absolute atomic E-state index is 0. The smallest absolute Gasteiger partial charge is 0.158 e. The van der Waals surface area contributed by atoms with Crippen molar-refractivity contribution in [2.45, 2.75) is 50.6 Å². The second-order valence-electron chi connectivity index (χ2n) is 8.35. The number of benzene rings is 1. The number of nitrogens with one attached hydrogen (secondary N) is 1. The summed E-state index contributed by atoms with van der Waals surface area (Å²) in [6, 6.07) is 9.46. The van der Waals surface area contributed by atoms with Gasteiger partial charge >= 0.3 is 0 Å². The van der Waals surface area contributed by atoms with Crippen LogP contribution >= 0.6 is 12.4 Å². The molecule has 1 fully saturated rings. The van der Waals surface area contributed by atoms with Gasteiger partial charge in [0.15, 0.2) is 5.65 Å². The van der Waals surface area contributed by atoms with Gasteiger partial charge in [0.1, 0.15) is 11.3 Å². The molecule has 6 rings (SSSR count). The molecule has 2 aliphatic carbocycles. The molecule has 4 aromatic rings. The van der Waals surface area contributed by atoms with E-state index in [1.54, 1.807) is 0 Å². The van der Waals surface area contributed by atoms with E-state index in [1.165, 1.54) is 42.4 Å². The molecule has 1 atom stereocenters. The number of fused-ring (bicyclic) bond motifs is 2. The Morgan fingerprint density at radius 1 is 1.07 bits per heavy atom. The van der Waals surface area contributed by atoms with Crippen molar-refractivity contribution in [2.75, 3.05) is 0 Å². The Morgan fingerprint density at radius 2 is 1.97 bits per heavy atom. The normalized spacial score (nSPS) is 18.6. The van der Waals surface area contributed by atoms with Gasteiger partial charge in [0.25, 0.3) is 0 Å². The van der Waals surface area contributed by atoms with E-state index >= 15 is 0 Å². The van der Waals surface area contributed by atoms with Crippen LogP contribution in [0.15, 0.2) is 42.9 Å². The molecule has 7 heteroatoms. The number of aryl methyl sites for hydroxylation is 1. The summed E-state index contributed by atoms with van der Waals surface area (Å²) in [5, 5.41) is 4.49. The van der Waals surface area contributed by atoms with Gasteiger partial charge in [-0.1, -0.05) is 24.6 Å². The quantitative estimate of drug-likeness (QED) is 0.458. The van der Waals surface area contributed by atoms with Crippen molar-refractivity contribution >= 4 is 23.6 Å². The lowest BCUT2D eigenvalue weighted by atomic mass is 9.94. The Morgan fingerprint density at radius 3 is 2.83 bits per heavy atom. The van der Waals surface area contributed by atoms with Crippen LogP contribution in [0, 0.1) is 0 Å². The molecule has 1 unspecified atom stereocenters. The van der Waals surface area contributed by atoms with Gasteiger partial charge < -0.3 is 10.7 Å². The topological polar surface area (TPSA) is 85.4 Å². The van der Waals surface area contributed by atoms with E-state index < -0.39 is 0 Å². The van der Waals surface area contributed by atoms with Gasteiger partial charge in [-0.3, -0.25) is 4.68 Å². The predicted molar refractivity (Wildman–Crippen MR) is 121 cm³/mol. The monoisotopic (exact) mass is 420 g/mol. The molecular weight excluding hydrogens is 396 g/mol. The zero-order valence-corrected chi connectivity index (χ0v) is 17.5. The van der Waals surface area contributed by atoms with E-state index in [-0.39, 0.29) is 18.4 Å². The molecule has 0 bridgehead atoms. The average molecular weight is 421 g/mol. The summed E-state index contributed by atoms with van der Waals surface area (Å²) in [6.45, 7) is 0. The summed E-state index contributed by atoms with van der Waals surface area (Å²) in [7, 11) is 0. The van der Waals surface area contributed by atoms with Crippen molar-refractivity contribution in [1.82, 2.24) is 24.7 Å². The summed E-state index contributed by atoms with van der Waals surface area (Å²) < 4.78 is 2.05. The van der Waals surface area contributed by atoms with Crippen molar-refractivity contribution in [2.24, 2.45) is 5.73 Å². The Bertz CT molecular complexity index is 1210. The lowest BCUT2D eigenvalue weighted by Gasteiger charge is -2.14. The molecule has 154 valence electrons. The van der Waals surface area contributed by atoms with Gasteiger partial charge in [-0.15, -0.1) is 12.4 Å². The number of aromatic amines is 1. The fraction of sp³-hybridized carbons (Fsp3) is 0.348. The fourth-order valence-electron chi connectivity index (χ4n) is 4.47. The second-order valence-corrected chi connectivity index (χ2v) is 8.35. The lowest BCUT2D eigenvalue weighted by molar-refractivity contribution is 0.615. The van der Waals surface area contributed by atoms with Crippen molar-refractivity contribution in [3.63, 3.8) is 0 Å². The summed E-state index contributed by atoms with van der Waals surface area (Å²) in [5.41, 5.74) is 14.1. The standard InChI is InChI=1S/C23H24N6.ClH/c24-20-4-2-1-3-14-11-15(5-8-18(14)20)19-9-10-25-23-21(19)27-22(28-23)16-12-26-29(13-16)17-6-7-17;/h5,8-13,17,20H,1-4,6-7,24H2,(H,25,27,28);1H. The number of imidazole rings is 1. The highest BCUT2D eigenvalue weighted by molar-refractivity contribution is 5.91. The van der Waals surface area contributed by atoms with Crippen LogP contribution in [0.1, 0.15) is 55.3 Å². The van der Waals surface area contributed by atoms with E-state index in [1.807, 2.05) is 17.1 Å². The molecule has 1 aromatic carbocycles. The Hall–Kier alpha value is -2.70. The van der Waals surface area contributed by atoms with E-state index in [0.29, 0.717) is 6.04 Å². The van der Waals surface area contributed by atoms with Crippen LogP contribution in [0.5, 0.6) is 0 Å². The molecule has 0 aliphatic heterocycles. The van der Waals surface area contributed by atoms with Gasteiger partial charge in [0, 0.05) is 24.0 Å². The van der Waals surface area contributed by atoms with Gasteiger partial charge in [0.2, 0.25) is 0 Å². The summed E-state index contributed by atoms with van der Waals surface area (Å²) in [6.07, 6.45) is 12.8. The molecule has 3 N–H and O–H groups in total. The highest BCUT2D eigenvalue weighted by atomic mass is 35.5. The maximum Gasteiger partial charge on any atom is 0.158 e. The molecule has 1 saturated carbocycles. The number of halogens is 1. The largest absolute Gasteiger partial charge is 0.324 e. The van der Waals surface area contributed by atoms with Crippen LogP contribution in [-0.4, -0.2) is 24.7 Å². The van der Waals surface area contributed by atoms with E-state index in [9.17, 15) is 0 Å². The molecular formula is C23H25ClN6. The van der Waals surface area contributed by atoms with Crippen LogP contribution in [0.25, 0.3) is 33.7 Å². The Kier molecular flexibility index (Phi) is 4.83. The minimum atomic E-state index is 0. The highest BCUT2D eigenvalue weighted by Gasteiger charge is 2.25. The van der Waals surface area contributed by atoms with E-state index in [0.717, 1.165) is 41.0 Å². The summed E-state index contributed by atoms with van der Waals surface area (Å²) >= 11 is 0. The Labute approximate surface area is 181 Å². The second kappa shape index (κ2) is 7.52. The molecule has 0 radical (unpaired) electrons. The maximum absolute atomic E-state index is 6.39. The first-order valence-electron chi connectivity index (χ1n) is 10.5. The zero-order valence-electron chi connectivity index (χ0n) is 16.7.